The molecule has 0 aliphatic carbocycles. The van der Waals surface area contributed by atoms with Crippen molar-refractivity contribution in [1.29, 1.82) is 0 Å². The van der Waals surface area contributed by atoms with Crippen molar-refractivity contribution in [3.8, 4) is 11.5 Å². The Balaban J connectivity index is 1.62. The number of sulfonamides is 2. The molecule has 0 aromatic heterocycles. The topological polar surface area (TPSA) is 132 Å². The second-order valence-corrected chi connectivity index (χ2v) is 12.5. The Labute approximate surface area is 234 Å². The van der Waals surface area contributed by atoms with Gasteiger partial charge in [-0.05, 0) is 61.5 Å². The molecule has 4 rings (SSSR count). The number of carbonyl (C=O) groups excluding carboxylic acids is 1. The quantitative estimate of drug-likeness (QED) is 0.361. The van der Waals surface area contributed by atoms with Gasteiger partial charge in [0.25, 0.3) is 10.0 Å². The molecular weight excluding hydrogens is 558 g/mol. The minimum absolute atomic E-state index is 0.0139. The zero-order valence-electron chi connectivity index (χ0n) is 22.1. The minimum atomic E-state index is -4.13. The van der Waals surface area contributed by atoms with Crippen LogP contribution in [0.25, 0.3) is 0 Å². The van der Waals surface area contributed by atoms with Crippen molar-refractivity contribution in [2.45, 2.75) is 16.7 Å². The van der Waals surface area contributed by atoms with Crippen LogP contribution in [0.3, 0.4) is 0 Å². The Bertz CT molecular complexity index is 1520. The largest absolute Gasteiger partial charge is 0.495 e. The lowest BCUT2D eigenvalue weighted by Crippen LogP contribution is -2.40. The average Bonchev–Trinajstić information content (AvgIpc) is 2.97. The minimum Gasteiger partial charge on any atom is -0.495 e. The van der Waals surface area contributed by atoms with Crippen LogP contribution in [-0.4, -0.2) is 73.6 Å². The highest BCUT2D eigenvalue weighted by Gasteiger charge is 2.31. The number of benzene rings is 3. The summed E-state index contributed by atoms with van der Waals surface area (Å²) in [6.45, 7) is 2.64. The van der Waals surface area contributed by atoms with Crippen molar-refractivity contribution in [3.05, 3.63) is 72.8 Å². The lowest BCUT2D eigenvalue weighted by Gasteiger charge is -2.27. The molecule has 13 heteroatoms. The fourth-order valence-electron chi connectivity index (χ4n) is 4.12. The summed E-state index contributed by atoms with van der Waals surface area (Å²) in [5, 5.41) is 2.63. The van der Waals surface area contributed by atoms with Crippen LogP contribution in [0.15, 0.2) is 82.6 Å². The van der Waals surface area contributed by atoms with Crippen molar-refractivity contribution in [2.75, 3.05) is 56.2 Å². The molecule has 0 atom stereocenters. The second kappa shape index (κ2) is 12.7. The number of anilines is 2. The van der Waals surface area contributed by atoms with Gasteiger partial charge in [-0.2, -0.15) is 4.31 Å². The third kappa shape index (κ3) is 6.55. The van der Waals surface area contributed by atoms with Gasteiger partial charge in [0.15, 0.2) is 0 Å². The van der Waals surface area contributed by atoms with Gasteiger partial charge in [0.2, 0.25) is 15.9 Å². The molecule has 0 saturated carbocycles. The summed E-state index contributed by atoms with van der Waals surface area (Å²) < 4.78 is 72.1. The van der Waals surface area contributed by atoms with E-state index in [-0.39, 0.29) is 53.2 Å². The molecule has 1 amide bonds. The van der Waals surface area contributed by atoms with Crippen LogP contribution in [0.1, 0.15) is 6.92 Å². The lowest BCUT2D eigenvalue weighted by molar-refractivity contribution is -0.114. The molecule has 0 radical (unpaired) electrons. The van der Waals surface area contributed by atoms with Crippen molar-refractivity contribution >= 4 is 37.3 Å². The molecule has 1 N–H and O–H groups in total. The smallest absolute Gasteiger partial charge is 0.264 e. The normalized spacial score (nSPS) is 14.3. The Hall–Kier alpha value is -3.65. The fraction of sp³-hybridized carbons (Fsp3) is 0.296. The summed E-state index contributed by atoms with van der Waals surface area (Å²) in [6, 6.07) is 18.4. The molecule has 0 unspecified atom stereocenters. The van der Waals surface area contributed by atoms with Crippen LogP contribution in [0.2, 0.25) is 0 Å². The molecule has 0 bridgehead atoms. The molecule has 0 spiro atoms. The van der Waals surface area contributed by atoms with Gasteiger partial charge in [-0.15, -0.1) is 0 Å². The predicted molar refractivity (Wildman–Crippen MR) is 150 cm³/mol. The molecule has 214 valence electrons. The highest BCUT2D eigenvalue weighted by atomic mass is 32.2. The molecule has 11 nitrogen and oxygen atoms in total. The van der Waals surface area contributed by atoms with E-state index in [9.17, 15) is 21.6 Å². The van der Waals surface area contributed by atoms with E-state index in [2.05, 4.69) is 5.32 Å². The third-order valence-corrected chi connectivity index (χ3v) is 9.80. The molecule has 1 fully saturated rings. The van der Waals surface area contributed by atoms with E-state index in [1.54, 1.807) is 42.5 Å². The highest BCUT2D eigenvalue weighted by molar-refractivity contribution is 7.92. The number of carbonyl (C=O) groups is 1. The summed E-state index contributed by atoms with van der Waals surface area (Å²) in [5.74, 6) is 0.000406. The summed E-state index contributed by atoms with van der Waals surface area (Å²) in [7, 11) is -6.71. The Kier molecular flexibility index (Phi) is 9.30. The average molecular weight is 590 g/mol. The van der Waals surface area contributed by atoms with Gasteiger partial charge in [-0.3, -0.25) is 9.10 Å². The van der Waals surface area contributed by atoms with E-state index in [1.807, 2.05) is 6.92 Å². The van der Waals surface area contributed by atoms with Crippen molar-refractivity contribution in [2.24, 2.45) is 0 Å². The number of methoxy groups -OCH3 is 1. The molecule has 1 aliphatic rings. The van der Waals surface area contributed by atoms with Gasteiger partial charge in [0.1, 0.15) is 22.9 Å². The number of ether oxygens (including phenoxy) is 3. The number of hydrogen-bond donors (Lipinski definition) is 1. The van der Waals surface area contributed by atoms with Crippen molar-refractivity contribution in [1.82, 2.24) is 4.31 Å². The maximum Gasteiger partial charge on any atom is 0.264 e. The molecule has 1 aliphatic heterocycles. The fourth-order valence-corrected chi connectivity index (χ4v) is 7.15. The number of hydrogen-bond acceptors (Lipinski definition) is 8. The molecule has 40 heavy (non-hydrogen) atoms. The zero-order valence-corrected chi connectivity index (χ0v) is 23.8. The van der Waals surface area contributed by atoms with Crippen LogP contribution in [0.5, 0.6) is 11.5 Å². The first-order valence-corrected chi connectivity index (χ1v) is 15.4. The second-order valence-electron chi connectivity index (χ2n) is 8.68. The van der Waals surface area contributed by atoms with Crippen LogP contribution in [-0.2, 0) is 29.6 Å². The number of rotatable bonds is 11. The van der Waals surface area contributed by atoms with Crippen LogP contribution < -0.4 is 19.1 Å². The summed E-state index contributed by atoms with van der Waals surface area (Å²) in [6.07, 6.45) is 0. The van der Waals surface area contributed by atoms with E-state index < -0.39 is 32.5 Å². The number of morpholine rings is 1. The van der Waals surface area contributed by atoms with Crippen LogP contribution in [0, 0.1) is 0 Å². The van der Waals surface area contributed by atoms with E-state index in [4.69, 9.17) is 14.2 Å². The van der Waals surface area contributed by atoms with E-state index in [0.717, 1.165) is 4.31 Å². The van der Waals surface area contributed by atoms with E-state index in [0.29, 0.717) is 12.4 Å². The number of nitrogens with zero attached hydrogens (tertiary/aromatic N) is 2. The molecule has 1 saturated heterocycles. The van der Waals surface area contributed by atoms with Gasteiger partial charge in [0.05, 0.1) is 37.5 Å². The van der Waals surface area contributed by atoms with Crippen LogP contribution in [0.4, 0.5) is 11.4 Å². The van der Waals surface area contributed by atoms with Gasteiger partial charge < -0.3 is 19.5 Å². The van der Waals surface area contributed by atoms with Crippen LogP contribution >= 0.6 is 0 Å². The molecular formula is C27H31N3O8S2. The highest BCUT2D eigenvalue weighted by Crippen LogP contribution is 2.31. The van der Waals surface area contributed by atoms with E-state index in [1.165, 1.54) is 41.7 Å². The van der Waals surface area contributed by atoms with E-state index >= 15 is 0 Å². The standard InChI is InChI=1S/C27H31N3O8S2/c1-3-38-23-12-10-22(11-13-23)30(39(32,33)24-7-5-4-6-8-24)20-27(31)28-21-9-14-25(36-2)26(19-21)40(34,35)29-15-17-37-18-16-29/h4-14,19H,3,15-18,20H2,1-2H3,(H,28,31). The number of nitrogens with one attached hydrogen (secondary N) is 1. The first-order chi connectivity index (χ1) is 19.2. The monoisotopic (exact) mass is 589 g/mol. The Morgan fingerprint density at radius 1 is 0.975 bits per heavy atom. The molecule has 3 aromatic rings. The summed E-state index contributed by atoms with van der Waals surface area (Å²) in [5.41, 5.74) is 0.425. The first kappa shape index (κ1) is 29.3. The predicted octanol–water partition coefficient (Wildman–Crippen LogP) is 2.95. The zero-order chi connectivity index (χ0) is 28.8. The Morgan fingerprint density at radius 2 is 1.65 bits per heavy atom. The maximum absolute atomic E-state index is 13.6. The number of amides is 1. The maximum atomic E-state index is 13.6. The van der Waals surface area contributed by atoms with Gasteiger partial charge in [-0.1, -0.05) is 18.2 Å². The summed E-state index contributed by atoms with van der Waals surface area (Å²) >= 11 is 0. The SMILES string of the molecule is CCOc1ccc(N(CC(=O)Nc2ccc(OC)c(S(=O)(=O)N3CCOCC3)c2)S(=O)(=O)c2ccccc2)cc1. The lowest BCUT2D eigenvalue weighted by atomic mass is 10.3. The third-order valence-electron chi connectivity index (χ3n) is 6.09. The summed E-state index contributed by atoms with van der Waals surface area (Å²) in [4.78, 5) is 13.1. The van der Waals surface area contributed by atoms with Gasteiger partial charge in [-0.25, -0.2) is 16.8 Å². The van der Waals surface area contributed by atoms with Gasteiger partial charge in [0, 0.05) is 18.8 Å². The van der Waals surface area contributed by atoms with Crippen molar-refractivity contribution < 1.29 is 35.8 Å². The first-order valence-electron chi connectivity index (χ1n) is 12.5. The van der Waals surface area contributed by atoms with Gasteiger partial charge >= 0.3 is 0 Å². The molecule has 3 aromatic carbocycles. The Morgan fingerprint density at radius 3 is 2.27 bits per heavy atom. The van der Waals surface area contributed by atoms with Crippen molar-refractivity contribution in [3.63, 3.8) is 0 Å². The molecule has 1 heterocycles.